The molecule has 1 aromatic carbocycles. The van der Waals surface area contributed by atoms with E-state index in [1.165, 1.54) is 6.26 Å². The van der Waals surface area contributed by atoms with Gasteiger partial charge >= 0.3 is 0 Å². The van der Waals surface area contributed by atoms with Crippen LogP contribution in [0.1, 0.15) is 29.0 Å². The fraction of sp³-hybridized carbons (Fsp3) is 0.267. The fourth-order valence-electron chi connectivity index (χ4n) is 2.05. The molecule has 0 spiro atoms. The highest BCUT2D eigenvalue weighted by Crippen LogP contribution is 2.16. The summed E-state index contributed by atoms with van der Waals surface area (Å²) in [7, 11) is -1.39. The standard InChI is InChI=1S/C15H18N2O3S/c1-11(16-15(18)14-5-4-10-17(14)2)12-6-8-13(9-7-12)21(3,19)20/h4-11H,1-3H3,(H,16,18). The molecule has 1 heterocycles. The Labute approximate surface area is 124 Å². The molecule has 0 radical (unpaired) electrons. The van der Waals surface area contributed by atoms with Crippen LogP contribution in [0, 0.1) is 0 Å². The van der Waals surface area contributed by atoms with Gasteiger partial charge in [0.1, 0.15) is 5.69 Å². The Balaban J connectivity index is 2.12. The minimum Gasteiger partial charge on any atom is -0.347 e. The summed E-state index contributed by atoms with van der Waals surface area (Å²) < 4.78 is 24.6. The van der Waals surface area contributed by atoms with E-state index in [1.807, 2.05) is 6.92 Å². The molecule has 1 atom stereocenters. The van der Waals surface area contributed by atoms with Crippen LogP contribution in [-0.4, -0.2) is 25.1 Å². The third-order valence-electron chi connectivity index (χ3n) is 3.33. The van der Waals surface area contributed by atoms with E-state index in [1.54, 1.807) is 54.2 Å². The Morgan fingerprint density at radius 3 is 2.29 bits per heavy atom. The molecule has 1 N–H and O–H groups in total. The maximum atomic E-state index is 12.1. The van der Waals surface area contributed by atoms with Crippen LogP contribution in [0.3, 0.4) is 0 Å². The zero-order chi connectivity index (χ0) is 15.6. The maximum Gasteiger partial charge on any atom is 0.268 e. The number of carbonyl (C=O) groups excluding carboxylic acids is 1. The van der Waals surface area contributed by atoms with Gasteiger partial charge in [-0.1, -0.05) is 12.1 Å². The molecule has 0 saturated carbocycles. The van der Waals surface area contributed by atoms with Crippen LogP contribution in [0.15, 0.2) is 47.5 Å². The normalized spacial score (nSPS) is 12.9. The van der Waals surface area contributed by atoms with Crippen molar-refractivity contribution in [2.24, 2.45) is 7.05 Å². The predicted molar refractivity (Wildman–Crippen MR) is 80.8 cm³/mol. The molecule has 2 rings (SSSR count). The summed E-state index contributed by atoms with van der Waals surface area (Å²) in [6.07, 6.45) is 2.98. The van der Waals surface area contributed by atoms with E-state index in [9.17, 15) is 13.2 Å². The SMILES string of the molecule is CC(NC(=O)c1cccn1C)c1ccc(S(C)(=O)=O)cc1. The zero-order valence-electron chi connectivity index (χ0n) is 12.2. The number of sulfone groups is 1. The molecule has 0 aliphatic rings. The van der Waals surface area contributed by atoms with E-state index in [0.29, 0.717) is 5.69 Å². The van der Waals surface area contributed by atoms with Crippen LogP contribution in [0.25, 0.3) is 0 Å². The van der Waals surface area contributed by atoms with E-state index in [4.69, 9.17) is 0 Å². The second kappa shape index (κ2) is 5.73. The van der Waals surface area contributed by atoms with Gasteiger partial charge < -0.3 is 9.88 Å². The highest BCUT2D eigenvalue weighted by Gasteiger charge is 2.14. The van der Waals surface area contributed by atoms with Crippen molar-refractivity contribution < 1.29 is 13.2 Å². The average Bonchev–Trinajstić information content (AvgIpc) is 2.84. The molecule has 21 heavy (non-hydrogen) atoms. The summed E-state index contributed by atoms with van der Waals surface area (Å²) in [5, 5.41) is 2.89. The van der Waals surface area contributed by atoms with E-state index in [0.717, 1.165) is 5.56 Å². The number of rotatable bonds is 4. The maximum absolute atomic E-state index is 12.1. The number of hydrogen-bond acceptors (Lipinski definition) is 3. The largest absolute Gasteiger partial charge is 0.347 e. The molecule has 0 saturated heterocycles. The van der Waals surface area contributed by atoms with Crippen molar-refractivity contribution in [2.45, 2.75) is 17.9 Å². The first-order valence-electron chi connectivity index (χ1n) is 6.51. The van der Waals surface area contributed by atoms with E-state index in [2.05, 4.69) is 5.32 Å². The number of carbonyl (C=O) groups is 1. The van der Waals surface area contributed by atoms with Gasteiger partial charge in [0.05, 0.1) is 10.9 Å². The third kappa shape index (κ3) is 3.52. The van der Waals surface area contributed by atoms with Crippen LogP contribution in [-0.2, 0) is 16.9 Å². The number of hydrogen-bond donors (Lipinski definition) is 1. The van der Waals surface area contributed by atoms with Gasteiger partial charge in [-0.25, -0.2) is 8.42 Å². The lowest BCUT2D eigenvalue weighted by Gasteiger charge is -2.15. The van der Waals surface area contributed by atoms with Crippen molar-refractivity contribution in [1.82, 2.24) is 9.88 Å². The van der Waals surface area contributed by atoms with Crippen molar-refractivity contribution in [3.05, 3.63) is 53.9 Å². The third-order valence-corrected chi connectivity index (χ3v) is 4.46. The first-order valence-corrected chi connectivity index (χ1v) is 8.40. The highest BCUT2D eigenvalue weighted by atomic mass is 32.2. The zero-order valence-corrected chi connectivity index (χ0v) is 13.0. The molecule has 2 aromatic rings. The smallest absolute Gasteiger partial charge is 0.268 e. The van der Waals surface area contributed by atoms with Gasteiger partial charge in [0, 0.05) is 19.5 Å². The number of aryl methyl sites for hydroxylation is 1. The van der Waals surface area contributed by atoms with Gasteiger partial charge in [-0.15, -0.1) is 0 Å². The minimum absolute atomic E-state index is 0.165. The predicted octanol–water partition coefficient (Wildman–Crippen LogP) is 1.92. The van der Waals surface area contributed by atoms with Crippen LogP contribution in [0.4, 0.5) is 0 Å². The topological polar surface area (TPSA) is 68.2 Å². The fourth-order valence-corrected chi connectivity index (χ4v) is 2.69. The summed E-state index contributed by atoms with van der Waals surface area (Å²) in [5.41, 5.74) is 1.43. The van der Waals surface area contributed by atoms with E-state index in [-0.39, 0.29) is 16.8 Å². The summed E-state index contributed by atoms with van der Waals surface area (Å²) in [6.45, 7) is 1.86. The first-order chi connectivity index (χ1) is 9.79. The molecule has 0 bridgehead atoms. The molecular weight excluding hydrogens is 288 g/mol. The summed E-state index contributed by atoms with van der Waals surface area (Å²) in [4.78, 5) is 12.4. The van der Waals surface area contributed by atoms with Crippen LogP contribution in [0.2, 0.25) is 0 Å². The quantitative estimate of drug-likeness (QED) is 0.938. The molecule has 1 unspecified atom stereocenters. The van der Waals surface area contributed by atoms with Gasteiger partial charge in [0.2, 0.25) is 0 Å². The number of aromatic nitrogens is 1. The number of nitrogens with zero attached hydrogens (tertiary/aromatic N) is 1. The summed E-state index contributed by atoms with van der Waals surface area (Å²) >= 11 is 0. The van der Waals surface area contributed by atoms with Crippen molar-refractivity contribution in [3.8, 4) is 0 Å². The van der Waals surface area contributed by atoms with Crippen molar-refractivity contribution >= 4 is 15.7 Å². The molecule has 0 aliphatic heterocycles. The second-order valence-electron chi connectivity index (χ2n) is 5.04. The Kier molecular flexibility index (Phi) is 4.18. The van der Waals surface area contributed by atoms with Crippen LogP contribution in [0.5, 0.6) is 0 Å². The summed E-state index contributed by atoms with van der Waals surface area (Å²) in [6, 6.07) is 9.88. The van der Waals surface area contributed by atoms with Crippen molar-refractivity contribution in [1.29, 1.82) is 0 Å². The monoisotopic (exact) mass is 306 g/mol. The van der Waals surface area contributed by atoms with Gasteiger partial charge in [0.15, 0.2) is 9.84 Å². The molecule has 112 valence electrons. The highest BCUT2D eigenvalue weighted by molar-refractivity contribution is 7.90. The Bertz CT molecular complexity index is 745. The molecule has 0 fully saturated rings. The Morgan fingerprint density at radius 1 is 1.19 bits per heavy atom. The lowest BCUT2D eigenvalue weighted by atomic mass is 10.1. The van der Waals surface area contributed by atoms with Gasteiger partial charge in [0.25, 0.3) is 5.91 Å². The summed E-state index contributed by atoms with van der Waals surface area (Å²) in [5.74, 6) is -0.165. The molecule has 5 nitrogen and oxygen atoms in total. The second-order valence-corrected chi connectivity index (χ2v) is 7.06. The molecular formula is C15H18N2O3S. The number of amides is 1. The lowest BCUT2D eigenvalue weighted by molar-refractivity contribution is 0.0931. The van der Waals surface area contributed by atoms with Crippen molar-refractivity contribution in [2.75, 3.05) is 6.26 Å². The molecule has 0 aliphatic carbocycles. The van der Waals surface area contributed by atoms with Gasteiger partial charge in [-0.2, -0.15) is 0 Å². The van der Waals surface area contributed by atoms with Crippen LogP contribution >= 0.6 is 0 Å². The van der Waals surface area contributed by atoms with Crippen molar-refractivity contribution in [3.63, 3.8) is 0 Å². The molecule has 1 amide bonds. The Morgan fingerprint density at radius 2 is 1.81 bits per heavy atom. The van der Waals surface area contributed by atoms with E-state index >= 15 is 0 Å². The molecule has 6 heteroatoms. The first kappa shape index (κ1) is 15.3. The van der Waals surface area contributed by atoms with Gasteiger partial charge in [-0.3, -0.25) is 4.79 Å². The minimum atomic E-state index is -3.20. The van der Waals surface area contributed by atoms with Crippen LogP contribution < -0.4 is 5.32 Å². The Hall–Kier alpha value is -2.08. The van der Waals surface area contributed by atoms with Gasteiger partial charge in [-0.05, 0) is 36.8 Å². The molecule has 1 aromatic heterocycles. The van der Waals surface area contributed by atoms with E-state index < -0.39 is 9.84 Å². The number of benzene rings is 1. The number of nitrogens with one attached hydrogen (secondary N) is 1. The average molecular weight is 306 g/mol. The lowest BCUT2D eigenvalue weighted by Crippen LogP contribution is -2.28.